The Hall–Kier alpha value is -3.64. The normalized spacial score (nSPS) is 15.2. The molecule has 1 amide bonds. The molecule has 4 aromatic carbocycles. The van der Waals surface area contributed by atoms with Crippen LogP contribution in [-0.4, -0.2) is 50.9 Å². The molecule has 1 saturated heterocycles. The number of carbonyl (C=O) groups excluding carboxylic acids is 1. The van der Waals surface area contributed by atoms with Gasteiger partial charge in [-0.05, 0) is 82.2 Å². The summed E-state index contributed by atoms with van der Waals surface area (Å²) in [6.07, 6.45) is 0. The highest BCUT2D eigenvalue weighted by Crippen LogP contribution is 2.40. The van der Waals surface area contributed by atoms with Crippen LogP contribution in [0.25, 0.3) is 21.5 Å². The highest BCUT2D eigenvalue weighted by Gasteiger charge is 2.25. The molecule has 1 fully saturated rings. The maximum absolute atomic E-state index is 13.7. The molecule has 0 saturated carbocycles. The fraction of sp³-hybridized carbons (Fsp3) is 0.222. The molecular formula is C27H23ClN2O4. The van der Waals surface area contributed by atoms with Crippen LogP contribution in [0.2, 0.25) is 5.02 Å². The molecule has 172 valence electrons. The van der Waals surface area contributed by atoms with Gasteiger partial charge in [0, 0.05) is 42.5 Å². The molecule has 0 unspecified atom stereocenters. The third-order valence-corrected chi connectivity index (χ3v) is 6.89. The van der Waals surface area contributed by atoms with Gasteiger partial charge in [-0.3, -0.25) is 4.79 Å². The Labute approximate surface area is 202 Å². The Kier molecular flexibility index (Phi) is 5.11. The van der Waals surface area contributed by atoms with Gasteiger partial charge in [-0.25, -0.2) is 0 Å². The van der Waals surface area contributed by atoms with Crippen molar-refractivity contribution in [1.82, 2.24) is 4.90 Å². The molecule has 0 N–H and O–H groups in total. The van der Waals surface area contributed by atoms with Crippen LogP contribution in [-0.2, 0) is 0 Å². The van der Waals surface area contributed by atoms with Gasteiger partial charge in [0.05, 0.1) is 7.11 Å². The first-order valence-electron chi connectivity index (χ1n) is 11.2. The van der Waals surface area contributed by atoms with E-state index in [1.807, 2.05) is 65.6 Å². The molecule has 2 aliphatic heterocycles. The Morgan fingerprint density at radius 1 is 0.853 bits per heavy atom. The zero-order valence-corrected chi connectivity index (χ0v) is 19.5. The Morgan fingerprint density at radius 2 is 1.59 bits per heavy atom. The first-order valence-corrected chi connectivity index (χ1v) is 11.6. The van der Waals surface area contributed by atoms with Gasteiger partial charge in [0.2, 0.25) is 6.79 Å². The van der Waals surface area contributed by atoms with Crippen molar-refractivity contribution in [2.75, 3.05) is 45.0 Å². The predicted molar refractivity (Wildman–Crippen MR) is 134 cm³/mol. The van der Waals surface area contributed by atoms with Crippen molar-refractivity contribution >= 4 is 44.7 Å². The van der Waals surface area contributed by atoms with Crippen LogP contribution < -0.4 is 19.1 Å². The van der Waals surface area contributed by atoms with Crippen molar-refractivity contribution in [2.45, 2.75) is 0 Å². The van der Waals surface area contributed by atoms with E-state index in [2.05, 4.69) is 4.90 Å². The quantitative estimate of drug-likeness (QED) is 0.375. The second-order valence-electron chi connectivity index (χ2n) is 8.52. The van der Waals surface area contributed by atoms with E-state index in [4.69, 9.17) is 25.8 Å². The van der Waals surface area contributed by atoms with Crippen molar-refractivity contribution in [3.05, 3.63) is 71.2 Å². The van der Waals surface area contributed by atoms with Crippen molar-refractivity contribution < 1.29 is 19.0 Å². The minimum Gasteiger partial charge on any atom is -0.497 e. The van der Waals surface area contributed by atoms with Gasteiger partial charge >= 0.3 is 0 Å². The minimum absolute atomic E-state index is 0.0329. The maximum atomic E-state index is 13.7. The number of fused-ring (bicyclic) bond motifs is 4. The smallest absolute Gasteiger partial charge is 0.254 e. The molecule has 6 rings (SSSR count). The Morgan fingerprint density at radius 3 is 2.32 bits per heavy atom. The van der Waals surface area contributed by atoms with Crippen molar-refractivity contribution in [3.8, 4) is 17.2 Å². The summed E-state index contributed by atoms with van der Waals surface area (Å²) in [5, 5.41) is 4.52. The third-order valence-electron chi connectivity index (χ3n) is 6.64. The van der Waals surface area contributed by atoms with Gasteiger partial charge in [-0.1, -0.05) is 11.6 Å². The number of hydrogen-bond acceptors (Lipinski definition) is 5. The number of nitrogens with zero attached hydrogens (tertiary/aromatic N) is 2. The first-order chi connectivity index (χ1) is 16.6. The number of hydrogen-bond donors (Lipinski definition) is 0. The second kappa shape index (κ2) is 8.29. The maximum Gasteiger partial charge on any atom is 0.254 e. The number of piperazine rings is 1. The fourth-order valence-electron chi connectivity index (χ4n) is 4.82. The summed E-state index contributed by atoms with van der Waals surface area (Å²) in [5.74, 6) is 2.19. The SMILES string of the molecule is COc1ccc2c(C(=O)N3CCN(c4ccc(Cl)cc4)CC3)cc3cc4c(cc3c2c1)OCO4. The van der Waals surface area contributed by atoms with Crippen LogP contribution in [0.5, 0.6) is 17.2 Å². The monoisotopic (exact) mass is 474 g/mol. The molecule has 0 radical (unpaired) electrons. The van der Waals surface area contributed by atoms with E-state index in [1.54, 1.807) is 7.11 Å². The topological polar surface area (TPSA) is 51.2 Å². The molecule has 2 aliphatic rings. The summed E-state index contributed by atoms with van der Waals surface area (Å²) in [6, 6.07) is 19.6. The van der Waals surface area contributed by atoms with Crippen LogP contribution in [0.15, 0.2) is 60.7 Å². The number of methoxy groups -OCH3 is 1. The molecule has 34 heavy (non-hydrogen) atoms. The number of benzene rings is 4. The summed E-state index contributed by atoms with van der Waals surface area (Å²) >= 11 is 6.03. The van der Waals surface area contributed by atoms with Gasteiger partial charge in [0.25, 0.3) is 5.91 Å². The van der Waals surface area contributed by atoms with E-state index >= 15 is 0 Å². The van der Waals surface area contributed by atoms with Gasteiger partial charge in [-0.15, -0.1) is 0 Å². The largest absolute Gasteiger partial charge is 0.497 e. The fourth-order valence-corrected chi connectivity index (χ4v) is 4.94. The number of rotatable bonds is 3. The number of halogens is 1. The van der Waals surface area contributed by atoms with Gasteiger partial charge in [-0.2, -0.15) is 0 Å². The first kappa shape index (κ1) is 20.9. The Balaban J connectivity index is 1.36. The van der Waals surface area contributed by atoms with E-state index in [0.717, 1.165) is 51.1 Å². The van der Waals surface area contributed by atoms with Gasteiger partial charge < -0.3 is 24.0 Å². The summed E-state index contributed by atoms with van der Waals surface area (Å²) in [5.41, 5.74) is 1.81. The van der Waals surface area contributed by atoms with Gasteiger partial charge in [0.15, 0.2) is 11.5 Å². The lowest BCUT2D eigenvalue weighted by Gasteiger charge is -2.36. The number of amides is 1. The zero-order valence-electron chi connectivity index (χ0n) is 18.7. The van der Waals surface area contributed by atoms with Crippen LogP contribution in [0, 0.1) is 0 Å². The zero-order chi connectivity index (χ0) is 23.2. The van der Waals surface area contributed by atoms with E-state index in [0.29, 0.717) is 30.2 Å². The molecule has 6 nitrogen and oxygen atoms in total. The average molecular weight is 475 g/mol. The van der Waals surface area contributed by atoms with E-state index in [9.17, 15) is 4.79 Å². The number of anilines is 1. The van der Waals surface area contributed by atoms with Crippen molar-refractivity contribution in [2.24, 2.45) is 0 Å². The van der Waals surface area contributed by atoms with E-state index < -0.39 is 0 Å². The molecule has 0 aliphatic carbocycles. The summed E-state index contributed by atoms with van der Waals surface area (Å²) in [7, 11) is 1.65. The van der Waals surface area contributed by atoms with Crippen LogP contribution in [0.3, 0.4) is 0 Å². The van der Waals surface area contributed by atoms with Crippen LogP contribution in [0.4, 0.5) is 5.69 Å². The Bertz CT molecular complexity index is 1410. The number of ether oxygens (including phenoxy) is 3. The molecule has 0 aromatic heterocycles. The third kappa shape index (κ3) is 3.55. The van der Waals surface area contributed by atoms with Crippen LogP contribution >= 0.6 is 11.6 Å². The van der Waals surface area contributed by atoms with Crippen molar-refractivity contribution in [3.63, 3.8) is 0 Å². The second-order valence-corrected chi connectivity index (χ2v) is 8.95. The average Bonchev–Trinajstić information content (AvgIpc) is 3.34. The summed E-state index contributed by atoms with van der Waals surface area (Å²) in [6.45, 7) is 3.05. The van der Waals surface area contributed by atoms with Gasteiger partial charge in [0.1, 0.15) is 5.75 Å². The predicted octanol–water partition coefficient (Wildman–Crippen LogP) is 5.35. The molecule has 2 heterocycles. The summed E-state index contributed by atoms with van der Waals surface area (Å²) in [4.78, 5) is 18.0. The van der Waals surface area contributed by atoms with E-state index in [1.165, 1.54) is 0 Å². The number of carbonyl (C=O) groups is 1. The molecule has 4 aromatic rings. The summed E-state index contributed by atoms with van der Waals surface area (Å²) < 4.78 is 16.7. The lowest BCUT2D eigenvalue weighted by molar-refractivity contribution is 0.0749. The standard InChI is InChI=1S/C27H23ClN2O4/c1-32-20-6-7-21-23(14-20)22-15-26-25(33-16-34-26)13-17(22)12-24(21)27(31)30-10-8-29(9-11-30)19-4-2-18(28)3-5-19/h2-7,12-15H,8-11,16H2,1H3. The minimum atomic E-state index is 0.0329. The molecular weight excluding hydrogens is 452 g/mol. The molecule has 0 bridgehead atoms. The molecule has 0 spiro atoms. The molecule has 0 atom stereocenters. The van der Waals surface area contributed by atoms with Crippen molar-refractivity contribution in [1.29, 1.82) is 0 Å². The highest BCUT2D eigenvalue weighted by atomic mass is 35.5. The lowest BCUT2D eigenvalue weighted by Crippen LogP contribution is -2.48. The van der Waals surface area contributed by atoms with E-state index in [-0.39, 0.29) is 12.7 Å². The lowest BCUT2D eigenvalue weighted by atomic mass is 9.95. The van der Waals surface area contributed by atoms with Crippen LogP contribution in [0.1, 0.15) is 10.4 Å². The highest BCUT2D eigenvalue weighted by molar-refractivity contribution is 6.30. The molecule has 7 heteroatoms.